The predicted molar refractivity (Wildman–Crippen MR) is 157 cm³/mol. The summed E-state index contributed by atoms with van der Waals surface area (Å²) in [5, 5.41) is 7.58. The molecule has 0 bridgehead atoms. The Labute approximate surface area is 252 Å². The van der Waals surface area contributed by atoms with E-state index in [9.17, 15) is 24.0 Å². The van der Waals surface area contributed by atoms with Gasteiger partial charge < -0.3 is 30.2 Å². The van der Waals surface area contributed by atoms with Crippen LogP contribution in [0.1, 0.15) is 64.0 Å². The topological polar surface area (TPSA) is 149 Å². The highest BCUT2D eigenvalue weighted by Crippen LogP contribution is 2.41. The lowest BCUT2D eigenvalue weighted by atomic mass is 9.74. The second-order valence-electron chi connectivity index (χ2n) is 10.8. The molecule has 2 aromatic carbocycles. The molecule has 11 nitrogen and oxygen atoms in total. The summed E-state index contributed by atoms with van der Waals surface area (Å²) >= 11 is 0. The van der Waals surface area contributed by atoms with Crippen LogP contribution in [0.15, 0.2) is 60.7 Å². The van der Waals surface area contributed by atoms with Crippen LogP contribution >= 0.6 is 0 Å². The minimum Gasteiger partial charge on any atom is -0.459 e. The molecular weight excluding hydrogens is 554 g/mol. The van der Waals surface area contributed by atoms with Crippen LogP contribution in [0.3, 0.4) is 0 Å². The van der Waals surface area contributed by atoms with Crippen LogP contribution in [0, 0.1) is 5.41 Å². The first-order chi connectivity index (χ1) is 20.6. The molecule has 0 radical (unpaired) electrons. The van der Waals surface area contributed by atoms with Crippen molar-refractivity contribution in [1.29, 1.82) is 0 Å². The Hall–Kier alpha value is -4.41. The number of unbranched alkanes of at least 4 members (excludes halogenated alkanes) is 3. The summed E-state index contributed by atoms with van der Waals surface area (Å²) in [6.45, 7) is 4.88. The van der Waals surface area contributed by atoms with Gasteiger partial charge in [-0.25, -0.2) is 9.59 Å². The Bertz CT molecular complexity index is 1240. The molecule has 1 fully saturated rings. The summed E-state index contributed by atoms with van der Waals surface area (Å²) in [7, 11) is 0. The van der Waals surface area contributed by atoms with Gasteiger partial charge >= 0.3 is 18.0 Å². The normalized spacial score (nSPS) is 18.7. The average Bonchev–Trinajstić information content (AvgIpc) is 3.02. The predicted octanol–water partition coefficient (Wildman–Crippen LogP) is 3.55. The van der Waals surface area contributed by atoms with E-state index in [1.54, 1.807) is 43.3 Å². The number of carbonyl (C=O) groups is 5. The second-order valence-corrected chi connectivity index (χ2v) is 10.8. The van der Waals surface area contributed by atoms with Crippen LogP contribution in [0.25, 0.3) is 0 Å². The van der Waals surface area contributed by atoms with Gasteiger partial charge in [0.15, 0.2) is 6.10 Å². The molecule has 1 aliphatic rings. The summed E-state index contributed by atoms with van der Waals surface area (Å²) in [6, 6.07) is 15.7. The van der Waals surface area contributed by atoms with Gasteiger partial charge in [0.2, 0.25) is 5.91 Å². The standard InChI is InChI=1S/C32H41N3O8/c1-4-5-6-13-18-32(3)26(43-30(32)39)28(37)33-19-25(29(38)41-20-23-14-9-7-10-15-23)35-27(36)22(2)34-31(40)42-21-24-16-11-8-12-17-24/h7-12,14-17,22,25-26H,4-6,13,18-21H2,1-3H3,(H,33,37)(H,34,40)(H,35,36)/t22?,25?,26?,32-/m0/s1. The van der Waals surface area contributed by atoms with E-state index >= 15 is 0 Å². The van der Waals surface area contributed by atoms with Gasteiger partial charge in [0.1, 0.15) is 30.7 Å². The lowest BCUT2D eigenvalue weighted by Gasteiger charge is -2.43. The molecule has 3 N–H and O–H groups in total. The third-order valence-corrected chi connectivity index (χ3v) is 7.30. The molecule has 0 saturated carbocycles. The van der Waals surface area contributed by atoms with Gasteiger partial charge in [-0.05, 0) is 31.4 Å². The molecule has 4 atom stereocenters. The lowest BCUT2D eigenvalue weighted by Crippen LogP contribution is -2.62. The van der Waals surface area contributed by atoms with Gasteiger partial charge in [-0.15, -0.1) is 0 Å². The van der Waals surface area contributed by atoms with E-state index in [1.165, 1.54) is 6.92 Å². The first-order valence-corrected chi connectivity index (χ1v) is 14.6. The number of nitrogens with one attached hydrogen (secondary N) is 3. The number of hydrogen-bond acceptors (Lipinski definition) is 8. The molecule has 1 aliphatic heterocycles. The number of hydrogen-bond donors (Lipinski definition) is 3. The number of cyclic esters (lactones) is 1. The molecule has 0 spiro atoms. The zero-order valence-corrected chi connectivity index (χ0v) is 24.9. The zero-order chi connectivity index (χ0) is 31.2. The smallest absolute Gasteiger partial charge is 0.408 e. The number of amides is 3. The highest BCUT2D eigenvalue weighted by Gasteiger charge is 2.57. The molecular formula is C32H41N3O8. The van der Waals surface area contributed by atoms with Crippen LogP contribution in [-0.2, 0) is 46.6 Å². The van der Waals surface area contributed by atoms with E-state index in [1.807, 2.05) is 24.3 Å². The Balaban J connectivity index is 1.58. The second kappa shape index (κ2) is 16.3. The summed E-state index contributed by atoms with van der Waals surface area (Å²) in [5.74, 6) is -2.48. The molecule has 3 unspecified atom stereocenters. The zero-order valence-electron chi connectivity index (χ0n) is 24.9. The van der Waals surface area contributed by atoms with Crippen molar-refractivity contribution in [2.45, 2.75) is 84.3 Å². The number of carbonyl (C=O) groups excluding carboxylic acids is 5. The maximum Gasteiger partial charge on any atom is 0.408 e. The highest BCUT2D eigenvalue weighted by atomic mass is 16.6. The summed E-state index contributed by atoms with van der Waals surface area (Å²) < 4.78 is 15.7. The average molecular weight is 596 g/mol. The van der Waals surface area contributed by atoms with E-state index < -0.39 is 53.4 Å². The fraction of sp³-hybridized carbons (Fsp3) is 0.469. The Morgan fingerprint density at radius 3 is 2.07 bits per heavy atom. The molecule has 0 aliphatic carbocycles. The van der Waals surface area contributed by atoms with Gasteiger partial charge in [-0.1, -0.05) is 93.3 Å². The maximum atomic E-state index is 13.0. The van der Waals surface area contributed by atoms with E-state index in [0.29, 0.717) is 6.42 Å². The van der Waals surface area contributed by atoms with Crippen LogP contribution in [-0.4, -0.2) is 54.6 Å². The third kappa shape index (κ3) is 9.83. The SMILES string of the molecule is CCCCCC[C@]1(C)C(=O)OC1C(=O)NCC(NC(=O)C(C)NC(=O)OCc1ccccc1)C(=O)OCc1ccccc1. The van der Waals surface area contributed by atoms with Crippen molar-refractivity contribution in [3.05, 3.63) is 71.8 Å². The largest absolute Gasteiger partial charge is 0.459 e. The number of esters is 2. The van der Waals surface area contributed by atoms with E-state index in [4.69, 9.17) is 14.2 Å². The third-order valence-electron chi connectivity index (χ3n) is 7.30. The van der Waals surface area contributed by atoms with Crippen LogP contribution in [0.4, 0.5) is 4.79 Å². The van der Waals surface area contributed by atoms with Crippen molar-refractivity contribution in [2.24, 2.45) is 5.41 Å². The summed E-state index contributed by atoms with van der Waals surface area (Å²) in [5.41, 5.74) is 0.561. The molecule has 0 aromatic heterocycles. The van der Waals surface area contributed by atoms with Crippen molar-refractivity contribution in [3.8, 4) is 0 Å². The number of rotatable bonds is 16. The van der Waals surface area contributed by atoms with Crippen LogP contribution in [0.2, 0.25) is 0 Å². The van der Waals surface area contributed by atoms with Crippen molar-refractivity contribution in [1.82, 2.24) is 16.0 Å². The fourth-order valence-corrected chi connectivity index (χ4v) is 4.54. The van der Waals surface area contributed by atoms with Crippen molar-refractivity contribution >= 4 is 29.8 Å². The molecule has 43 heavy (non-hydrogen) atoms. The Morgan fingerprint density at radius 1 is 0.884 bits per heavy atom. The molecule has 1 saturated heterocycles. The number of benzene rings is 2. The molecule has 11 heteroatoms. The molecule has 232 valence electrons. The summed E-state index contributed by atoms with van der Waals surface area (Å²) in [4.78, 5) is 63.5. The summed E-state index contributed by atoms with van der Waals surface area (Å²) in [6.07, 6.45) is 2.50. The van der Waals surface area contributed by atoms with E-state index in [2.05, 4.69) is 22.9 Å². The van der Waals surface area contributed by atoms with E-state index in [0.717, 1.165) is 36.8 Å². The minimum absolute atomic E-state index is 0.0186. The Morgan fingerprint density at radius 2 is 1.49 bits per heavy atom. The molecule has 3 rings (SSSR count). The van der Waals surface area contributed by atoms with Crippen LogP contribution in [0.5, 0.6) is 0 Å². The highest BCUT2D eigenvalue weighted by molar-refractivity contribution is 5.97. The maximum absolute atomic E-state index is 13.0. The van der Waals surface area contributed by atoms with Gasteiger partial charge in [0.05, 0.1) is 0 Å². The Kier molecular flexibility index (Phi) is 12.5. The monoisotopic (exact) mass is 595 g/mol. The van der Waals surface area contributed by atoms with Crippen molar-refractivity contribution in [3.63, 3.8) is 0 Å². The lowest BCUT2D eigenvalue weighted by molar-refractivity contribution is -0.207. The number of ether oxygens (including phenoxy) is 3. The quantitative estimate of drug-likeness (QED) is 0.152. The first-order valence-electron chi connectivity index (χ1n) is 14.6. The molecule has 1 heterocycles. The number of alkyl carbamates (subject to hydrolysis) is 1. The van der Waals surface area contributed by atoms with Crippen LogP contribution < -0.4 is 16.0 Å². The first kappa shape index (κ1) is 33.1. The van der Waals surface area contributed by atoms with Crippen molar-refractivity contribution in [2.75, 3.05) is 6.54 Å². The molecule has 3 amide bonds. The van der Waals surface area contributed by atoms with Gasteiger partial charge in [-0.3, -0.25) is 14.4 Å². The minimum atomic E-state index is -1.28. The van der Waals surface area contributed by atoms with Crippen molar-refractivity contribution < 1.29 is 38.2 Å². The van der Waals surface area contributed by atoms with E-state index in [-0.39, 0.29) is 19.8 Å². The van der Waals surface area contributed by atoms with Gasteiger partial charge in [0.25, 0.3) is 5.91 Å². The van der Waals surface area contributed by atoms with Gasteiger partial charge in [-0.2, -0.15) is 0 Å². The molecule has 2 aromatic rings. The van der Waals surface area contributed by atoms with Gasteiger partial charge in [0, 0.05) is 6.54 Å². The fourth-order valence-electron chi connectivity index (χ4n) is 4.54.